The van der Waals surface area contributed by atoms with E-state index in [9.17, 15) is 4.79 Å². The van der Waals surface area contributed by atoms with Crippen molar-refractivity contribution in [3.63, 3.8) is 0 Å². The van der Waals surface area contributed by atoms with Crippen LogP contribution in [-0.2, 0) is 14.2 Å². The van der Waals surface area contributed by atoms with Crippen molar-refractivity contribution in [2.24, 2.45) is 11.8 Å². The number of carboxylic acid groups (broad SMARTS) is 1. The smallest absolute Gasteiger partial charge is 0.450 e. The van der Waals surface area contributed by atoms with Crippen molar-refractivity contribution in [2.45, 2.75) is 57.8 Å². The van der Waals surface area contributed by atoms with Crippen molar-refractivity contribution >= 4 is 6.16 Å². The molecule has 1 heterocycles. The molecule has 0 atom stereocenters. The van der Waals surface area contributed by atoms with Crippen LogP contribution in [0.5, 0.6) is 0 Å². The number of hydrogen-bond acceptors (Lipinski definition) is 4. The Morgan fingerprint density at radius 2 is 1.84 bits per heavy atom. The zero-order chi connectivity index (χ0) is 13.7. The van der Waals surface area contributed by atoms with Crippen molar-refractivity contribution in [1.82, 2.24) is 0 Å². The molecule has 0 bridgehead atoms. The summed E-state index contributed by atoms with van der Waals surface area (Å²) in [6.07, 6.45) is 5.50. The molecule has 5 heteroatoms. The van der Waals surface area contributed by atoms with Crippen molar-refractivity contribution in [2.75, 3.05) is 13.2 Å². The van der Waals surface area contributed by atoms with E-state index in [4.69, 9.17) is 14.6 Å². The zero-order valence-corrected chi connectivity index (χ0v) is 11.5. The number of ether oxygens (including phenoxy) is 3. The second-order valence-corrected chi connectivity index (χ2v) is 5.61. The monoisotopic (exact) mass is 272 g/mol. The molecule has 2 aliphatic rings. The molecule has 1 saturated carbocycles. The highest BCUT2D eigenvalue weighted by molar-refractivity contribution is 5.57. The quantitative estimate of drug-likeness (QED) is 0.797. The van der Waals surface area contributed by atoms with E-state index in [1.165, 1.54) is 25.7 Å². The van der Waals surface area contributed by atoms with Gasteiger partial charge in [0.2, 0.25) is 0 Å². The van der Waals surface area contributed by atoms with E-state index in [1.807, 2.05) is 0 Å². The van der Waals surface area contributed by atoms with Crippen LogP contribution in [0.25, 0.3) is 0 Å². The third kappa shape index (κ3) is 4.35. The van der Waals surface area contributed by atoms with Gasteiger partial charge in [-0.25, -0.2) is 4.79 Å². The first-order valence-electron chi connectivity index (χ1n) is 7.31. The van der Waals surface area contributed by atoms with Gasteiger partial charge in [0.1, 0.15) is 0 Å². The Kier molecular flexibility index (Phi) is 5.45. The molecule has 110 valence electrons. The number of rotatable bonds is 4. The summed E-state index contributed by atoms with van der Waals surface area (Å²) in [5, 5.41) is 8.53. The summed E-state index contributed by atoms with van der Waals surface area (Å²) in [7, 11) is 0. The second kappa shape index (κ2) is 7.10. The molecule has 1 aliphatic carbocycles. The first kappa shape index (κ1) is 14.6. The van der Waals surface area contributed by atoms with E-state index >= 15 is 0 Å². The molecular weight excluding hydrogens is 248 g/mol. The summed E-state index contributed by atoms with van der Waals surface area (Å²) in [5.74, 6) is 1.33. The highest BCUT2D eigenvalue weighted by Crippen LogP contribution is 2.35. The molecule has 0 aromatic heterocycles. The largest absolute Gasteiger partial charge is 0.506 e. The van der Waals surface area contributed by atoms with E-state index in [0.29, 0.717) is 19.1 Å². The molecule has 0 amide bonds. The van der Waals surface area contributed by atoms with Gasteiger partial charge >= 0.3 is 6.16 Å². The molecule has 19 heavy (non-hydrogen) atoms. The van der Waals surface area contributed by atoms with E-state index < -0.39 is 12.3 Å². The molecule has 0 aromatic rings. The van der Waals surface area contributed by atoms with Crippen LogP contribution < -0.4 is 0 Å². The number of carbonyl (C=O) groups is 1. The number of hydrogen-bond donors (Lipinski definition) is 1. The fraction of sp³-hybridized carbons (Fsp3) is 0.929. The van der Waals surface area contributed by atoms with Gasteiger partial charge in [0.15, 0.2) is 12.4 Å². The van der Waals surface area contributed by atoms with Gasteiger partial charge in [-0.05, 0) is 31.6 Å². The van der Waals surface area contributed by atoms with Crippen LogP contribution >= 0.6 is 0 Å². The minimum atomic E-state index is -1.27. The van der Waals surface area contributed by atoms with Crippen LogP contribution in [0.4, 0.5) is 4.79 Å². The molecule has 2 fully saturated rings. The lowest BCUT2D eigenvalue weighted by Crippen LogP contribution is -2.42. The van der Waals surface area contributed by atoms with Gasteiger partial charge in [-0.2, -0.15) is 0 Å². The van der Waals surface area contributed by atoms with Crippen LogP contribution in [0.1, 0.15) is 45.4 Å². The first-order valence-corrected chi connectivity index (χ1v) is 7.31. The predicted octanol–water partition coefficient (Wildman–Crippen LogP) is 3.03. The summed E-state index contributed by atoms with van der Waals surface area (Å²) >= 11 is 0. The molecule has 1 N–H and O–H groups in total. The van der Waals surface area contributed by atoms with Crippen molar-refractivity contribution < 1.29 is 24.1 Å². The fourth-order valence-corrected chi connectivity index (χ4v) is 3.14. The van der Waals surface area contributed by atoms with Crippen LogP contribution in [0.3, 0.4) is 0 Å². The molecule has 0 aromatic carbocycles. The Morgan fingerprint density at radius 1 is 1.21 bits per heavy atom. The highest BCUT2D eigenvalue weighted by atomic mass is 16.7. The first-order chi connectivity index (χ1) is 9.19. The van der Waals surface area contributed by atoms with Gasteiger partial charge in [-0.3, -0.25) is 0 Å². The maximum atomic E-state index is 10.4. The van der Waals surface area contributed by atoms with Crippen LogP contribution in [0.15, 0.2) is 0 Å². The molecule has 5 nitrogen and oxygen atoms in total. The van der Waals surface area contributed by atoms with Gasteiger partial charge < -0.3 is 19.3 Å². The average molecular weight is 272 g/mol. The zero-order valence-electron chi connectivity index (χ0n) is 11.5. The topological polar surface area (TPSA) is 65.0 Å². The fourth-order valence-electron chi connectivity index (χ4n) is 3.14. The lowest BCUT2D eigenvalue weighted by atomic mass is 9.79. The van der Waals surface area contributed by atoms with E-state index in [-0.39, 0.29) is 6.29 Å². The Bertz CT molecular complexity index is 278. The van der Waals surface area contributed by atoms with Crippen LogP contribution in [0, 0.1) is 11.8 Å². The van der Waals surface area contributed by atoms with Crippen molar-refractivity contribution in [3.8, 4) is 0 Å². The Balaban J connectivity index is 1.69. The van der Waals surface area contributed by atoms with Gasteiger partial charge in [0, 0.05) is 5.92 Å². The third-order valence-corrected chi connectivity index (χ3v) is 4.13. The van der Waals surface area contributed by atoms with Crippen LogP contribution in [-0.4, -0.2) is 36.9 Å². The maximum Gasteiger partial charge on any atom is 0.506 e. The van der Waals surface area contributed by atoms with E-state index in [0.717, 1.165) is 18.8 Å². The molecule has 0 unspecified atom stereocenters. The van der Waals surface area contributed by atoms with E-state index in [1.54, 1.807) is 0 Å². The van der Waals surface area contributed by atoms with Gasteiger partial charge in [-0.1, -0.05) is 19.8 Å². The summed E-state index contributed by atoms with van der Waals surface area (Å²) in [6.45, 7) is 2.86. The molecule has 0 radical (unpaired) electrons. The summed E-state index contributed by atoms with van der Waals surface area (Å²) < 4.78 is 15.9. The SMILES string of the molecule is CCCC1CCC(C2OCC(OC(=O)O)CO2)CC1. The normalized spacial score (nSPS) is 35.8. The Hall–Kier alpha value is -0.810. The Morgan fingerprint density at radius 3 is 2.37 bits per heavy atom. The lowest BCUT2D eigenvalue weighted by Gasteiger charge is -2.37. The lowest BCUT2D eigenvalue weighted by molar-refractivity contribution is -0.243. The van der Waals surface area contributed by atoms with Crippen LogP contribution in [0.2, 0.25) is 0 Å². The minimum Gasteiger partial charge on any atom is -0.450 e. The van der Waals surface area contributed by atoms with Gasteiger partial charge in [0.05, 0.1) is 13.2 Å². The summed E-state index contributed by atoms with van der Waals surface area (Å²) in [5.41, 5.74) is 0. The highest BCUT2D eigenvalue weighted by Gasteiger charge is 2.33. The molecule has 2 rings (SSSR count). The average Bonchev–Trinajstić information content (AvgIpc) is 2.40. The maximum absolute atomic E-state index is 10.4. The minimum absolute atomic E-state index is 0.170. The van der Waals surface area contributed by atoms with Crippen molar-refractivity contribution in [3.05, 3.63) is 0 Å². The third-order valence-electron chi connectivity index (χ3n) is 4.13. The van der Waals surface area contributed by atoms with Crippen molar-refractivity contribution in [1.29, 1.82) is 0 Å². The standard InChI is InChI=1S/C14H24O5/c1-2-3-10-4-6-11(7-5-10)13-17-8-12(9-18-13)19-14(15)16/h10-13H,2-9H2,1H3,(H,15,16). The second-order valence-electron chi connectivity index (χ2n) is 5.61. The summed E-state index contributed by atoms with van der Waals surface area (Å²) in [6, 6.07) is 0. The van der Waals surface area contributed by atoms with E-state index in [2.05, 4.69) is 11.7 Å². The summed E-state index contributed by atoms with van der Waals surface area (Å²) in [4.78, 5) is 10.4. The Labute approximate surface area is 114 Å². The predicted molar refractivity (Wildman–Crippen MR) is 68.9 cm³/mol. The van der Waals surface area contributed by atoms with Gasteiger partial charge in [-0.15, -0.1) is 0 Å². The van der Waals surface area contributed by atoms with Gasteiger partial charge in [0.25, 0.3) is 0 Å². The molecule has 1 aliphatic heterocycles. The molecular formula is C14H24O5. The molecule has 1 saturated heterocycles. The molecule has 0 spiro atoms.